The van der Waals surface area contributed by atoms with Crippen molar-refractivity contribution in [1.29, 1.82) is 0 Å². The van der Waals surface area contributed by atoms with Gasteiger partial charge >= 0.3 is 0 Å². The molecule has 0 radical (unpaired) electrons. The second-order valence-corrected chi connectivity index (χ2v) is 6.04. The summed E-state index contributed by atoms with van der Waals surface area (Å²) in [7, 11) is -3.63. The van der Waals surface area contributed by atoms with Crippen LogP contribution in [0.1, 0.15) is 12.8 Å². The number of nitro benzene ring substituents is 1. The van der Waals surface area contributed by atoms with Crippen molar-refractivity contribution in [3.63, 3.8) is 0 Å². The third-order valence-electron chi connectivity index (χ3n) is 2.76. The molecular formula is C10H13N3O4S. The van der Waals surface area contributed by atoms with Gasteiger partial charge in [-0.1, -0.05) is 0 Å². The molecule has 0 saturated heterocycles. The fourth-order valence-corrected chi connectivity index (χ4v) is 2.65. The number of hydrogen-bond acceptors (Lipinski definition) is 5. The van der Waals surface area contributed by atoms with Gasteiger partial charge in [0.2, 0.25) is 10.0 Å². The number of hydrogen-bond donors (Lipinski definition) is 2. The van der Waals surface area contributed by atoms with E-state index < -0.39 is 14.9 Å². The maximum atomic E-state index is 11.9. The van der Waals surface area contributed by atoms with E-state index in [1.54, 1.807) is 0 Å². The van der Waals surface area contributed by atoms with Crippen LogP contribution in [0.15, 0.2) is 23.1 Å². The zero-order valence-electron chi connectivity index (χ0n) is 9.50. The van der Waals surface area contributed by atoms with Crippen molar-refractivity contribution in [2.45, 2.75) is 17.7 Å². The lowest BCUT2D eigenvalue weighted by Gasteiger charge is -2.06. The second kappa shape index (κ2) is 4.54. The van der Waals surface area contributed by atoms with Crippen LogP contribution in [0.25, 0.3) is 0 Å². The molecule has 1 fully saturated rings. The summed E-state index contributed by atoms with van der Waals surface area (Å²) in [4.78, 5) is 9.87. The molecule has 1 aromatic rings. The van der Waals surface area contributed by atoms with E-state index in [-0.39, 0.29) is 16.3 Å². The molecule has 0 unspecified atom stereocenters. The number of benzene rings is 1. The number of nitrogens with two attached hydrogens (primary N) is 1. The number of sulfonamides is 1. The van der Waals surface area contributed by atoms with Gasteiger partial charge in [0.05, 0.1) is 9.82 Å². The van der Waals surface area contributed by atoms with E-state index in [1.165, 1.54) is 6.07 Å². The van der Waals surface area contributed by atoms with Crippen LogP contribution in [-0.4, -0.2) is 19.9 Å². The Morgan fingerprint density at radius 3 is 2.61 bits per heavy atom. The Labute approximate surface area is 104 Å². The Kier molecular flexibility index (Phi) is 3.22. The normalized spacial score (nSPS) is 15.6. The van der Waals surface area contributed by atoms with E-state index >= 15 is 0 Å². The smallest absolute Gasteiger partial charge is 0.292 e. The number of anilines is 1. The number of nitrogens with zero attached hydrogens (tertiary/aromatic N) is 1. The van der Waals surface area contributed by atoms with E-state index in [1.807, 2.05) is 0 Å². The first-order chi connectivity index (χ1) is 8.40. The van der Waals surface area contributed by atoms with Gasteiger partial charge in [0, 0.05) is 12.6 Å². The SMILES string of the molecule is Nc1cc(S(=O)(=O)NCC2CC2)ccc1[N+](=O)[O-]. The number of rotatable bonds is 5. The van der Waals surface area contributed by atoms with Crippen molar-refractivity contribution in [2.24, 2.45) is 5.92 Å². The molecule has 1 aliphatic rings. The van der Waals surface area contributed by atoms with Crippen LogP contribution in [0.4, 0.5) is 11.4 Å². The maximum Gasteiger partial charge on any atom is 0.292 e. The summed E-state index contributed by atoms with van der Waals surface area (Å²) >= 11 is 0. The van der Waals surface area contributed by atoms with Crippen molar-refractivity contribution in [3.05, 3.63) is 28.3 Å². The molecule has 0 atom stereocenters. The molecule has 1 saturated carbocycles. The molecule has 2 rings (SSSR count). The quantitative estimate of drug-likeness (QED) is 0.468. The first-order valence-electron chi connectivity index (χ1n) is 5.44. The number of nitrogen functional groups attached to an aromatic ring is 1. The highest BCUT2D eigenvalue weighted by atomic mass is 32.2. The largest absolute Gasteiger partial charge is 0.393 e. The van der Waals surface area contributed by atoms with Crippen LogP contribution in [0.2, 0.25) is 0 Å². The molecule has 7 nitrogen and oxygen atoms in total. The minimum atomic E-state index is -3.63. The number of nitrogens with one attached hydrogen (secondary N) is 1. The standard InChI is InChI=1S/C10H13N3O4S/c11-9-5-8(3-4-10(9)13(14)15)18(16,17)12-6-7-1-2-7/h3-5,7,12H,1-2,6,11H2. The molecule has 3 N–H and O–H groups in total. The third-order valence-corrected chi connectivity index (χ3v) is 4.19. The van der Waals surface area contributed by atoms with Gasteiger partial charge in [-0.25, -0.2) is 13.1 Å². The van der Waals surface area contributed by atoms with Crippen molar-refractivity contribution >= 4 is 21.4 Å². The van der Waals surface area contributed by atoms with E-state index in [4.69, 9.17) is 5.73 Å². The Bertz CT molecular complexity index is 581. The topological polar surface area (TPSA) is 115 Å². The van der Waals surface area contributed by atoms with Crippen LogP contribution in [0.3, 0.4) is 0 Å². The summed E-state index contributed by atoms with van der Waals surface area (Å²) in [5.41, 5.74) is 5.00. The monoisotopic (exact) mass is 271 g/mol. The first kappa shape index (κ1) is 12.8. The summed E-state index contributed by atoms with van der Waals surface area (Å²) < 4.78 is 26.2. The fourth-order valence-electron chi connectivity index (χ4n) is 1.50. The van der Waals surface area contributed by atoms with Crippen LogP contribution >= 0.6 is 0 Å². The minimum Gasteiger partial charge on any atom is -0.393 e. The van der Waals surface area contributed by atoms with Crippen molar-refractivity contribution in [3.8, 4) is 0 Å². The summed E-state index contributed by atoms with van der Waals surface area (Å²) in [6, 6.07) is 3.39. The summed E-state index contributed by atoms with van der Waals surface area (Å²) in [6.07, 6.45) is 2.07. The highest BCUT2D eigenvalue weighted by Crippen LogP contribution is 2.29. The third kappa shape index (κ3) is 2.77. The Balaban J connectivity index is 2.21. The molecule has 0 aromatic heterocycles. The molecule has 1 aliphatic carbocycles. The van der Waals surface area contributed by atoms with Crippen molar-refractivity contribution in [2.75, 3.05) is 12.3 Å². The highest BCUT2D eigenvalue weighted by Gasteiger charge is 2.25. The zero-order chi connectivity index (χ0) is 13.3. The van der Waals surface area contributed by atoms with Gasteiger partial charge in [0.15, 0.2) is 0 Å². The lowest BCUT2D eigenvalue weighted by Crippen LogP contribution is -2.25. The predicted octanol–water partition coefficient (Wildman–Crippen LogP) is 0.865. The van der Waals surface area contributed by atoms with Crippen molar-refractivity contribution in [1.82, 2.24) is 4.72 Å². The summed E-state index contributed by atoms with van der Waals surface area (Å²) in [5.74, 6) is 0.412. The van der Waals surface area contributed by atoms with Crippen LogP contribution in [0.5, 0.6) is 0 Å². The summed E-state index contributed by atoms with van der Waals surface area (Å²) in [6.45, 7) is 0.402. The van der Waals surface area contributed by atoms with Gasteiger partial charge in [-0.2, -0.15) is 0 Å². The molecule has 1 aromatic carbocycles. The first-order valence-corrected chi connectivity index (χ1v) is 6.92. The second-order valence-electron chi connectivity index (χ2n) is 4.27. The lowest BCUT2D eigenvalue weighted by atomic mass is 10.3. The lowest BCUT2D eigenvalue weighted by molar-refractivity contribution is -0.383. The molecule has 0 bridgehead atoms. The molecule has 0 heterocycles. The fraction of sp³-hybridized carbons (Fsp3) is 0.400. The molecule has 0 aliphatic heterocycles. The van der Waals surface area contributed by atoms with Gasteiger partial charge in [0.25, 0.3) is 5.69 Å². The molecular weight excluding hydrogens is 258 g/mol. The van der Waals surface area contributed by atoms with Gasteiger partial charge < -0.3 is 5.73 Å². The van der Waals surface area contributed by atoms with E-state index in [2.05, 4.69) is 4.72 Å². The molecule has 0 spiro atoms. The molecule has 0 amide bonds. The zero-order valence-corrected chi connectivity index (χ0v) is 10.3. The molecule has 98 valence electrons. The van der Waals surface area contributed by atoms with E-state index in [0.29, 0.717) is 12.5 Å². The van der Waals surface area contributed by atoms with Crippen LogP contribution in [-0.2, 0) is 10.0 Å². The maximum absolute atomic E-state index is 11.9. The number of nitro groups is 1. The Morgan fingerprint density at radius 1 is 1.44 bits per heavy atom. The minimum absolute atomic E-state index is 0.0498. The van der Waals surface area contributed by atoms with Crippen LogP contribution < -0.4 is 10.5 Å². The molecule has 18 heavy (non-hydrogen) atoms. The van der Waals surface area contributed by atoms with Gasteiger partial charge in [-0.15, -0.1) is 0 Å². The van der Waals surface area contributed by atoms with Gasteiger partial charge in [0.1, 0.15) is 5.69 Å². The average molecular weight is 271 g/mol. The average Bonchev–Trinajstić information content (AvgIpc) is 3.09. The van der Waals surface area contributed by atoms with Gasteiger partial charge in [-0.3, -0.25) is 10.1 Å². The van der Waals surface area contributed by atoms with Crippen molar-refractivity contribution < 1.29 is 13.3 Å². The predicted molar refractivity (Wildman–Crippen MR) is 65.4 cm³/mol. The van der Waals surface area contributed by atoms with E-state index in [9.17, 15) is 18.5 Å². The summed E-state index contributed by atoms with van der Waals surface area (Å²) in [5, 5.41) is 10.6. The molecule has 8 heteroatoms. The van der Waals surface area contributed by atoms with E-state index in [0.717, 1.165) is 25.0 Å². The van der Waals surface area contributed by atoms with Crippen LogP contribution in [0, 0.1) is 16.0 Å². The Morgan fingerprint density at radius 2 is 2.11 bits per heavy atom. The highest BCUT2D eigenvalue weighted by molar-refractivity contribution is 7.89. The van der Waals surface area contributed by atoms with Gasteiger partial charge in [-0.05, 0) is 30.9 Å². The Hall–Kier alpha value is -1.67.